The lowest BCUT2D eigenvalue weighted by Crippen LogP contribution is -2.08. The molecule has 0 saturated heterocycles. The van der Waals surface area contributed by atoms with Crippen LogP contribution in [0.5, 0.6) is 0 Å². The van der Waals surface area contributed by atoms with Gasteiger partial charge in [0.05, 0.1) is 5.69 Å². The Hall–Kier alpha value is -1.88. The molecular formula is C15H18ClFN4. The molecule has 1 aromatic heterocycles. The van der Waals surface area contributed by atoms with E-state index in [-0.39, 0.29) is 5.92 Å². The third-order valence-electron chi connectivity index (χ3n) is 3.10. The van der Waals surface area contributed by atoms with E-state index in [4.69, 9.17) is 11.6 Å². The van der Waals surface area contributed by atoms with E-state index in [0.29, 0.717) is 22.4 Å². The van der Waals surface area contributed by atoms with Gasteiger partial charge in [-0.3, -0.25) is 0 Å². The molecule has 0 bridgehead atoms. The average molecular weight is 309 g/mol. The molecular weight excluding hydrogens is 291 g/mol. The van der Waals surface area contributed by atoms with Crippen molar-refractivity contribution in [1.82, 2.24) is 9.97 Å². The molecule has 21 heavy (non-hydrogen) atoms. The smallest absolute Gasteiger partial charge is 0.148 e. The van der Waals surface area contributed by atoms with Crippen molar-refractivity contribution in [3.63, 3.8) is 0 Å². The lowest BCUT2D eigenvalue weighted by molar-refractivity contribution is 0.631. The van der Waals surface area contributed by atoms with E-state index in [1.54, 1.807) is 19.2 Å². The second-order valence-corrected chi connectivity index (χ2v) is 5.49. The molecule has 6 heteroatoms. The highest BCUT2D eigenvalue weighted by Crippen LogP contribution is 2.27. The second-order valence-electron chi connectivity index (χ2n) is 5.06. The molecule has 0 spiro atoms. The zero-order chi connectivity index (χ0) is 15.6. The minimum Gasteiger partial charge on any atom is -0.373 e. The van der Waals surface area contributed by atoms with Crippen LogP contribution in [0.2, 0.25) is 5.02 Å². The number of benzene rings is 1. The number of nitrogens with one attached hydrogen (secondary N) is 2. The van der Waals surface area contributed by atoms with Crippen molar-refractivity contribution in [1.29, 1.82) is 0 Å². The van der Waals surface area contributed by atoms with Crippen molar-refractivity contribution >= 4 is 28.9 Å². The number of hydrogen-bond acceptors (Lipinski definition) is 4. The summed E-state index contributed by atoms with van der Waals surface area (Å²) in [6.45, 7) is 5.90. The standard InChI is InChI=1S/C15H18ClFN4/c1-8(2)13-20-14(18-4)9(3)15(21-13)19-12-6-5-10(16)7-11(12)17/h5-8H,1-4H3,(H2,18,19,20,21). The highest BCUT2D eigenvalue weighted by molar-refractivity contribution is 6.30. The maximum absolute atomic E-state index is 13.9. The summed E-state index contributed by atoms with van der Waals surface area (Å²) in [6, 6.07) is 4.49. The fourth-order valence-electron chi connectivity index (χ4n) is 1.88. The molecule has 0 aliphatic heterocycles. The van der Waals surface area contributed by atoms with Gasteiger partial charge in [0.1, 0.15) is 23.3 Å². The molecule has 2 aromatic rings. The van der Waals surface area contributed by atoms with E-state index in [0.717, 1.165) is 11.4 Å². The van der Waals surface area contributed by atoms with Crippen LogP contribution < -0.4 is 10.6 Å². The summed E-state index contributed by atoms with van der Waals surface area (Å²) in [6.07, 6.45) is 0. The Bertz CT molecular complexity index is 658. The fraction of sp³-hybridized carbons (Fsp3) is 0.333. The molecule has 0 amide bonds. The van der Waals surface area contributed by atoms with Crippen molar-refractivity contribution < 1.29 is 4.39 Å². The van der Waals surface area contributed by atoms with Crippen LogP contribution in [-0.4, -0.2) is 17.0 Å². The van der Waals surface area contributed by atoms with Crippen molar-refractivity contribution in [2.75, 3.05) is 17.7 Å². The van der Waals surface area contributed by atoms with Gasteiger partial charge in [-0.2, -0.15) is 0 Å². The van der Waals surface area contributed by atoms with Crippen LogP contribution in [0.15, 0.2) is 18.2 Å². The van der Waals surface area contributed by atoms with Gasteiger partial charge in [0.15, 0.2) is 0 Å². The van der Waals surface area contributed by atoms with Crippen molar-refractivity contribution in [2.45, 2.75) is 26.7 Å². The van der Waals surface area contributed by atoms with E-state index < -0.39 is 5.82 Å². The molecule has 1 heterocycles. The lowest BCUT2D eigenvalue weighted by atomic mass is 10.2. The Morgan fingerprint density at radius 3 is 2.43 bits per heavy atom. The molecule has 2 N–H and O–H groups in total. The van der Waals surface area contributed by atoms with Gasteiger partial charge < -0.3 is 10.6 Å². The number of nitrogens with zero attached hydrogens (tertiary/aromatic N) is 2. The van der Waals surface area contributed by atoms with Crippen molar-refractivity contribution in [2.24, 2.45) is 0 Å². The van der Waals surface area contributed by atoms with Crippen LogP contribution in [0, 0.1) is 12.7 Å². The fourth-order valence-corrected chi connectivity index (χ4v) is 2.03. The van der Waals surface area contributed by atoms with E-state index in [1.165, 1.54) is 6.07 Å². The van der Waals surface area contributed by atoms with Gasteiger partial charge in [-0.25, -0.2) is 14.4 Å². The van der Waals surface area contributed by atoms with Crippen LogP contribution in [0.1, 0.15) is 31.2 Å². The highest BCUT2D eigenvalue weighted by atomic mass is 35.5. The minimum atomic E-state index is -0.419. The first-order valence-electron chi connectivity index (χ1n) is 6.70. The second kappa shape index (κ2) is 6.26. The molecule has 0 atom stereocenters. The number of aromatic nitrogens is 2. The first-order valence-corrected chi connectivity index (χ1v) is 7.08. The molecule has 112 valence electrons. The summed E-state index contributed by atoms with van der Waals surface area (Å²) < 4.78 is 13.9. The van der Waals surface area contributed by atoms with Crippen LogP contribution in [0.3, 0.4) is 0 Å². The lowest BCUT2D eigenvalue weighted by Gasteiger charge is -2.15. The highest BCUT2D eigenvalue weighted by Gasteiger charge is 2.14. The van der Waals surface area contributed by atoms with Crippen LogP contribution in [0.25, 0.3) is 0 Å². The quantitative estimate of drug-likeness (QED) is 0.874. The average Bonchev–Trinajstić information content (AvgIpc) is 2.43. The largest absolute Gasteiger partial charge is 0.373 e. The SMILES string of the molecule is CNc1nc(C(C)C)nc(Nc2ccc(Cl)cc2F)c1C. The van der Waals surface area contributed by atoms with Gasteiger partial charge in [0.2, 0.25) is 0 Å². The molecule has 0 fully saturated rings. The Morgan fingerprint density at radius 1 is 1.19 bits per heavy atom. The van der Waals surface area contributed by atoms with Crippen LogP contribution >= 0.6 is 11.6 Å². The summed E-state index contributed by atoms with van der Waals surface area (Å²) >= 11 is 5.76. The summed E-state index contributed by atoms with van der Waals surface area (Å²) in [7, 11) is 1.80. The maximum atomic E-state index is 13.9. The van der Waals surface area contributed by atoms with Gasteiger partial charge in [-0.15, -0.1) is 0 Å². The monoisotopic (exact) mass is 308 g/mol. The first-order chi connectivity index (χ1) is 9.92. The van der Waals surface area contributed by atoms with Crippen LogP contribution in [0.4, 0.5) is 21.7 Å². The number of rotatable bonds is 4. The normalized spacial score (nSPS) is 10.8. The Balaban J connectivity index is 2.45. The molecule has 2 rings (SSSR count). The van der Waals surface area contributed by atoms with Crippen molar-refractivity contribution in [3.05, 3.63) is 40.4 Å². The van der Waals surface area contributed by atoms with Crippen molar-refractivity contribution in [3.8, 4) is 0 Å². The Labute approximate surface area is 128 Å². The Kier molecular flexibility index (Phi) is 4.63. The number of anilines is 3. The summed E-state index contributed by atoms with van der Waals surface area (Å²) in [5, 5.41) is 6.41. The van der Waals surface area contributed by atoms with Gasteiger partial charge in [0, 0.05) is 23.6 Å². The zero-order valence-electron chi connectivity index (χ0n) is 12.5. The molecule has 0 aliphatic carbocycles. The third-order valence-corrected chi connectivity index (χ3v) is 3.34. The maximum Gasteiger partial charge on any atom is 0.148 e. The van der Waals surface area contributed by atoms with Crippen LogP contribution in [-0.2, 0) is 0 Å². The van der Waals surface area contributed by atoms with E-state index in [1.807, 2.05) is 20.8 Å². The predicted molar refractivity (Wildman–Crippen MR) is 85.1 cm³/mol. The molecule has 1 aromatic carbocycles. The number of halogens is 2. The van der Waals surface area contributed by atoms with E-state index in [9.17, 15) is 4.39 Å². The Morgan fingerprint density at radius 2 is 1.86 bits per heavy atom. The minimum absolute atomic E-state index is 0.174. The first kappa shape index (κ1) is 15.5. The zero-order valence-corrected chi connectivity index (χ0v) is 13.2. The van der Waals surface area contributed by atoms with Gasteiger partial charge in [-0.1, -0.05) is 25.4 Å². The van der Waals surface area contributed by atoms with E-state index in [2.05, 4.69) is 20.6 Å². The third kappa shape index (κ3) is 3.42. The molecule has 0 saturated carbocycles. The molecule has 0 radical (unpaired) electrons. The summed E-state index contributed by atoms with van der Waals surface area (Å²) in [5.41, 5.74) is 1.16. The van der Waals surface area contributed by atoms with E-state index >= 15 is 0 Å². The summed E-state index contributed by atoms with van der Waals surface area (Å²) in [4.78, 5) is 8.93. The molecule has 0 aliphatic rings. The van der Waals surface area contributed by atoms with Gasteiger partial charge in [-0.05, 0) is 25.1 Å². The predicted octanol–water partition coefficient (Wildman–Crippen LogP) is 4.49. The number of hydrogen-bond donors (Lipinski definition) is 2. The topological polar surface area (TPSA) is 49.8 Å². The van der Waals surface area contributed by atoms with Gasteiger partial charge in [0.25, 0.3) is 0 Å². The molecule has 0 unspecified atom stereocenters. The van der Waals surface area contributed by atoms with Gasteiger partial charge >= 0.3 is 0 Å². The molecule has 4 nitrogen and oxygen atoms in total. The summed E-state index contributed by atoms with van der Waals surface area (Å²) in [5.74, 6) is 1.76.